The third-order valence-electron chi connectivity index (χ3n) is 1.79. The van der Waals surface area contributed by atoms with Crippen LogP contribution in [-0.2, 0) is 0 Å². The summed E-state index contributed by atoms with van der Waals surface area (Å²) in [5, 5.41) is 9.49. The molecule has 0 N–H and O–H groups in total. The van der Waals surface area contributed by atoms with Crippen LogP contribution in [0.25, 0.3) is 0 Å². The lowest BCUT2D eigenvalue weighted by atomic mass is 10.00. The molecular formula is C11H16ClN. The highest BCUT2D eigenvalue weighted by Gasteiger charge is 2.05. The Balaban J connectivity index is 4.98. The van der Waals surface area contributed by atoms with E-state index in [1.54, 1.807) is 6.92 Å². The van der Waals surface area contributed by atoms with Gasteiger partial charge in [0.25, 0.3) is 0 Å². The van der Waals surface area contributed by atoms with Gasteiger partial charge >= 0.3 is 0 Å². The lowest BCUT2D eigenvalue weighted by Crippen LogP contribution is -1.94. The van der Waals surface area contributed by atoms with Crippen molar-refractivity contribution in [1.82, 2.24) is 0 Å². The van der Waals surface area contributed by atoms with Gasteiger partial charge in [0.1, 0.15) is 0 Å². The summed E-state index contributed by atoms with van der Waals surface area (Å²) in [5.74, 6) is 0.371. The second-order valence-electron chi connectivity index (χ2n) is 3.31. The van der Waals surface area contributed by atoms with Crippen molar-refractivity contribution in [3.05, 3.63) is 22.3 Å². The molecule has 0 aromatic heterocycles. The summed E-state index contributed by atoms with van der Waals surface area (Å²) in [5.41, 5.74) is 1.78. The molecule has 13 heavy (non-hydrogen) atoms. The van der Waals surface area contributed by atoms with Crippen LogP contribution in [-0.4, -0.2) is 0 Å². The molecule has 0 rings (SSSR count). The van der Waals surface area contributed by atoms with Crippen LogP contribution in [0.15, 0.2) is 22.3 Å². The summed E-state index contributed by atoms with van der Waals surface area (Å²) >= 11 is 6.05. The first-order chi connectivity index (χ1) is 6.02. The van der Waals surface area contributed by atoms with Crippen LogP contribution < -0.4 is 0 Å². The fourth-order valence-corrected chi connectivity index (χ4v) is 1.30. The minimum absolute atomic E-state index is 0.371. The third-order valence-corrected chi connectivity index (χ3v) is 2.28. The molecule has 0 amide bonds. The van der Waals surface area contributed by atoms with Gasteiger partial charge in [-0.1, -0.05) is 32.4 Å². The topological polar surface area (TPSA) is 23.8 Å². The summed E-state index contributed by atoms with van der Waals surface area (Å²) in [6.07, 6.45) is 2.70. The van der Waals surface area contributed by atoms with Crippen LogP contribution in [0.2, 0.25) is 0 Å². The average molecular weight is 198 g/mol. The Bertz CT molecular complexity index is 266. The largest absolute Gasteiger partial charge is 0.193 e. The van der Waals surface area contributed by atoms with E-state index in [0.29, 0.717) is 11.5 Å². The maximum Gasteiger partial charge on any atom is 0.0944 e. The van der Waals surface area contributed by atoms with E-state index in [4.69, 9.17) is 16.9 Å². The first-order valence-corrected chi connectivity index (χ1v) is 4.87. The van der Waals surface area contributed by atoms with Crippen molar-refractivity contribution in [1.29, 1.82) is 5.26 Å². The molecule has 0 spiro atoms. The summed E-state index contributed by atoms with van der Waals surface area (Å²) in [7, 11) is 0. The number of nitriles is 1. The van der Waals surface area contributed by atoms with Gasteiger partial charge in [0, 0.05) is 10.6 Å². The Kier molecular flexibility index (Phi) is 5.50. The lowest BCUT2D eigenvalue weighted by Gasteiger charge is -2.09. The average Bonchev–Trinajstić information content (AvgIpc) is 2.11. The fourth-order valence-electron chi connectivity index (χ4n) is 1.03. The van der Waals surface area contributed by atoms with Crippen LogP contribution in [0.5, 0.6) is 0 Å². The molecule has 0 saturated carbocycles. The molecule has 0 aliphatic rings. The number of rotatable bonds is 3. The van der Waals surface area contributed by atoms with Gasteiger partial charge < -0.3 is 0 Å². The summed E-state index contributed by atoms with van der Waals surface area (Å²) in [6.45, 7) is 7.96. The molecule has 1 nitrogen and oxygen atoms in total. The van der Waals surface area contributed by atoms with E-state index in [2.05, 4.69) is 19.9 Å². The van der Waals surface area contributed by atoms with E-state index in [9.17, 15) is 0 Å². The van der Waals surface area contributed by atoms with Gasteiger partial charge in [0.2, 0.25) is 0 Å². The highest BCUT2D eigenvalue weighted by atomic mass is 35.5. The van der Waals surface area contributed by atoms with E-state index in [0.717, 1.165) is 17.0 Å². The molecule has 0 aromatic carbocycles. The minimum Gasteiger partial charge on any atom is -0.193 e. The normalized spacial score (nSPS) is 14.1. The first-order valence-electron chi connectivity index (χ1n) is 4.49. The second kappa shape index (κ2) is 5.83. The van der Waals surface area contributed by atoms with Crippen molar-refractivity contribution in [3.63, 3.8) is 0 Å². The number of nitrogens with zero attached hydrogens (tertiary/aromatic N) is 1. The van der Waals surface area contributed by atoms with Crippen LogP contribution >= 0.6 is 11.6 Å². The van der Waals surface area contributed by atoms with Gasteiger partial charge in [-0.05, 0) is 30.9 Å². The van der Waals surface area contributed by atoms with Gasteiger partial charge in [-0.3, -0.25) is 0 Å². The molecule has 0 saturated heterocycles. The molecule has 0 aromatic rings. The van der Waals surface area contributed by atoms with Crippen molar-refractivity contribution in [2.45, 2.75) is 34.1 Å². The fraction of sp³-hybridized carbons (Fsp3) is 0.545. The van der Waals surface area contributed by atoms with Crippen LogP contribution in [0.1, 0.15) is 34.1 Å². The zero-order chi connectivity index (χ0) is 10.4. The van der Waals surface area contributed by atoms with Gasteiger partial charge in [0.05, 0.1) is 6.07 Å². The molecule has 2 heteroatoms. The Morgan fingerprint density at radius 1 is 1.54 bits per heavy atom. The Morgan fingerprint density at radius 3 is 2.38 bits per heavy atom. The first kappa shape index (κ1) is 12.3. The molecule has 0 fully saturated rings. The highest BCUT2D eigenvalue weighted by Crippen LogP contribution is 2.22. The molecule has 0 unspecified atom stereocenters. The maximum absolute atomic E-state index is 8.64. The standard InChI is InChI=1S/C11H16ClN/c1-5-11(12)10(8(2)3)6-9(4)7-13/h6,8H,5H2,1-4H3/b9-6+,11-10-. The van der Waals surface area contributed by atoms with E-state index in [1.165, 1.54) is 0 Å². The van der Waals surface area contributed by atoms with Gasteiger partial charge in [-0.25, -0.2) is 0 Å². The molecule has 0 atom stereocenters. The predicted molar refractivity (Wildman–Crippen MR) is 57.4 cm³/mol. The third kappa shape index (κ3) is 4.15. The van der Waals surface area contributed by atoms with Crippen molar-refractivity contribution in [2.75, 3.05) is 0 Å². The molecule has 72 valence electrons. The number of hydrogen-bond acceptors (Lipinski definition) is 1. The van der Waals surface area contributed by atoms with Crippen molar-refractivity contribution in [2.24, 2.45) is 5.92 Å². The number of allylic oxidation sites excluding steroid dienone is 4. The lowest BCUT2D eigenvalue weighted by molar-refractivity contribution is 0.780. The van der Waals surface area contributed by atoms with Crippen molar-refractivity contribution in [3.8, 4) is 6.07 Å². The number of hydrogen-bond donors (Lipinski definition) is 0. The minimum atomic E-state index is 0.371. The molecular weight excluding hydrogens is 182 g/mol. The van der Waals surface area contributed by atoms with Crippen LogP contribution in [0, 0.1) is 17.2 Å². The zero-order valence-corrected chi connectivity index (χ0v) is 9.44. The second-order valence-corrected chi connectivity index (χ2v) is 3.76. The molecule has 0 heterocycles. The SMILES string of the molecule is CC/C(Cl)=C(\C=C(/C)C#N)C(C)C. The molecule has 0 bridgehead atoms. The molecule has 0 radical (unpaired) electrons. The van der Waals surface area contributed by atoms with Crippen LogP contribution in [0.3, 0.4) is 0 Å². The van der Waals surface area contributed by atoms with E-state index in [1.807, 2.05) is 13.0 Å². The van der Waals surface area contributed by atoms with Gasteiger partial charge in [-0.15, -0.1) is 0 Å². The number of halogens is 1. The van der Waals surface area contributed by atoms with E-state index < -0.39 is 0 Å². The monoisotopic (exact) mass is 197 g/mol. The Morgan fingerprint density at radius 2 is 2.08 bits per heavy atom. The maximum atomic E-state index is 8.64. The Labute approximate surface area is 85.7 Å². The van der Waals surface area contributed by atoms with Crippen LogP contribution in [0.4, 0.5) is 0 Å². The van der Waals surface area contributed by atoms with E-state index in [-0.39, 0.29) is 0 Å². The highest BCUT2D eigenvalue weighted by molar-refractivity contribution is 6.30. The molecule has 0 aliphatic heterocycles. The summed E-state index contributed by atoms with van der Waals surface area (Å²) in [4.78, 5) is 0. The predicted octanol–water partition coefficient (Wildman–Crippen LogP) is 4.02. The molecule has 0 aliphatic carbocycles. The summed E-state index contributed by atoms with van der Waals surface area (Å²) < 4.78 is 0. The van der Waals surface area contributed by atoms with E-state index >= 15 is 0 Å². The zero-order valence-electron chi connectivity index (χ0n) is 8.69. The van der Waals surface area contributed by atoms with Crippen molar-refractivity contribution < 1.29 is 0 Å². The van der Waals surface area contributed by atoms with Gasteiger partial charge in [0.15, 0.2) is 0 Å². The quantitative estimate of drug-likeness (QED) is 0.495. The summed E-state index contributed by atoms with van der Waals surface area (Å²) in [6, 6.07) is 2.10. The van der Waals surface area contributed by atoms with Gasteiger partial charge in [-0.2, -0.15) is 5.26 Å². The smallest absolute Gasteiger partial charge is 0.0944 e. The van der Waals surface area contributed by atoms with Crippen molar-refractivity contribution >= 4 is 11.6 Å². The Hall–Kier alpha value is -0.740.